The zero-order chi connectivity index (χ0) is 28.0. The van der Waals surface area contributed by atoms with Gasteiger partial charge in [-0.1, -0.05) is 70.2 Å². The van der Waals surface area contributed by atoms with Crippen LogP contribution in [-0.4, -0.2) is 9.38 Å². The normalized spacial score (nSPS) is 12.5. The predicted octanol–water partition coefficient (Wildman–Crippen LogP) is 10.7. The first-order valence-electron chi connectivity index (χ1n) is 14.3. The van der Waals surface area contributed by atoms with E-state index in [1.807, 2.05) is 18.2 Å². The maximum absolute atomic E-state index is 14.8. The van der Waals surface area contributed by atoms with E-state index in [1.54, 1.807) is 12.1 Å². The van der Waals surface area contributed by atoms with Crippen molar-refractivity contribution >= 4 is 60.3 Å². The Hall–Kier alpha value is -4.70. The van der Waals surface area contributed by atoms with E-state index in [9.17, 15) is 4.39 Å². The Kier molecular flexibility index (Phi) is 5.09. The molecule has 41 heavy (non-hydrogen) atoms. The minimum absolute atomic E-state index is 0.176. The number of furan rings is 1. The SMILES string of the molecule is CC(C)c1cc(F)cc(C(C)C)c1-c1ccc2c3c(ccc4oc5ccccc5c43)c3nc4ccccc4n3c2c1. The van der Waals surface area contributed by atoms with E-state index in [4.69, 9.17) is 9.40 Å². The molecule has 200 valence electrons. The number of rotatable bonds is 3. The molecular weight excluding hydrogens is 507 g/mol. The average molecular weight is 537 g/mol. The number of nitrogens with zero attached hydrogens (tertiary/aromatic N) is 2. The number of para-hydroxylation sites is 3. The van der Waals surface area contributed by atoms with Gasteiger partial charge in [-0.25, -0.2) is 9.37 Å². The predicted molar refractivity (Wildman–Crippen MR) is 169 cm³/mol. The molecule has 3 aromatic heterocycles. The summed E-state index contributed by atoms with van der Waals surface area (Å²) in [5.41, 5.74) is 10.0. The first-order chi connectivity index (χ1) is 19.9. The Morgan fingerprint density at radius 3 is 2.15 bits per heavy atom. The van der Waals surface area contributed by atoms with Crippen LogP contribution >= 0.6 is 0 Å². The van der Waals surface area contributed by atoms with Gasteiger partial charge in [-0.05, 0) is 82.6 Å². The molecule has 0 radical (unpaired) electrons. The fraction of sp³-hybridized carbons (Fsp3) is 0.162. The maximum atomic E-state index is 14.8. The number of halogens is 1. The van der Waals surface area contributed by atoms with Crippen LogP contribution in [0, 0.1) is 5.82 Å². The molecule has 0 bridgehead atoms. The molecule has 0 fully saturated rings. The summed E-state index contributed by atoms with van der Waals surface area (Å²) in [6.07, 6.45) is 0. The van der Waals surface area contributed by atoms with Crippen molar-refractivity contribution in [2.45, 2.75) is 39.5 Å². The summed E-state index contributed by atoms with van der Waals surface area (Å²) in [5.74, 6) is 0.179. The largest absolute Gasteiger partial charge is 0.456 e. The highest BCUT2D eigenvalue weighted by Gasteiger charge is 2.22. The topological polar surface area (TPSA) is 30.4 Å². The molecule has 0 saturated carbocycles. The van der Waals surface area contributed by atoms with E-state index in [0.717, 1.165) is 82.5 Å². The Bertz CT molecular complexity index is 2310. The minimum atomic E-state index is -0.176. The number of aromatic nitrogens is 2. The smallest absolute Gasteiger partial charge is 0.146 e. The van der Waals surface area contributed by atoms with Crippen molar-refractivity contribution in [2.75, 3.05) is 0 Å². The Morgan fingerprint density at radius 2 is 1.37 bits per heavy atom. The number of hydrogen-bond donors (Lipinski definition) is 0. The molecule has 3 heterocycles. The first kappa shape index (κ1) is 24.1. The van der Waals surface area contributed by atoms with Crippen molar-refractivity contribution in [3.63, 3.8) is 0 Å². The standard InChI is InChI=1S/C37H29FN2O/c1-20(2)27-18-23(38)19-28(21(3)4)34(27)22-13-14-24-31(17-22)40-30-11-7-6-10-29(30)39-37(40)26-15-16-33-36(35(24)26)25-9-5-8-12-32(25)41-33/h5-21H,1-4H3. The van der Waals surface area contributed by atoms with E-state index in [0.29, 0.717) is 0 Å². The third kappa shape index (κ3) is 3.40. The van der Waals surface area contributed by atoms with Crippen LogP contribution in [0.25, 0.3) is 71.4 Å². The van der Waals surface area contributed by atoms with Gasteiger partial charge in [0.05, 0.1) is 16.6 Å². The highest BCUT2D eigenvalue weighted by atomic mass is 19.1. The molecule has 0 aliphatic carbocycles. The number of benzene rings is 5. The summed E-state index contributed by atoms with van der Waals surface area (Å²) in [6.45, 7) is 8.55. The summed E-state index contributed by atoms with van der Waals surface area (Å²) in [7, 11) is 0. The lowest BCUT2D eigenvalue weighted by Gasteiger charge is -2.21. The van der Waals surface area contributed by atoms with Gasteiger partial charge in [0.25, 0.3) is 0 Å². The molecule has 0 N–H and O–H groups in total. The fourth-order valence-electron chi connectivity index (χ4n) is 6.71. The zero-order valence-electron chi connectivity index (χ0n) is 23.5. The van der Waals surface area contributed by atoms with E-state index in [-0.39, 0.29) is 17.7 Å². The highest BCUT2D eigenvalue weighted by molar-refractivity contribution is 6.29. The van der Waals surface area contributed by atoms with Gasteiger partial charge >= 0.3 is 0 Å². The third-order valence-electron chi connectivity index (χ3n) is 8.55. The molecule has 0 atom stereocenters. The number of fused-ring (bicyclic) bond motifs is 12. The zero-order valence-corrected chi connectivity index (χ0v) is 23.5. The Balaban J connectivity index is 1.60. The van der Waals surface area contributed by atoms with Crippen molar-refractivity contribution in [2.24, 2.45) is 0 Å². The lowest BCUT2D eigenvalue weighted by molar-refractivity contribution is 0.618. The molecule has 5 aromatic carbocycles. The lowest BCUT2D eigenvalue weighted by atomic mass is 9.84. The van der Waals surface area contributed by atoms with E-state index in [2.05, 4.69) is 92.8 Å². The van der Waals surface area contributed by atoms with Crippen molar-refractivity contribution < 1.29 is 8.81 Å². The van der Waals surface area contributed by atoms with Crippen LogP contribution in [0.5, 0.6) is 0 Å². The molecule has 0 unspecified atom stereocenters. The average Bonchev–Trinajstić information content (AvgIpc) is 3.55. The van der Waals surface area contributed by atoms with E-state index < -0.39 is 0 Å². The summed E-state index contributed by atoms with van der Waals surface area (Å²) in [4.78, 5) is 5.15. The second kappa shape index (κ2) is 8.65. The number of imidazole rings is 1. The molecule has 8 rings (SSSR count). The molecule has 0 amide bonds. The van der Waals surface area contributed by atoms with Gasteiger partial charge in [-0.2, -0.15) is 0 Å². The van der Waals surface area contributed by atoms with Gasteiger partial charge in [0, 0.05) is 26.9 Å². The van der Waals surface area contributed by atoms with E-state index >= 15 is 0 Å². The van der Waals surface area contributed by atoms with Gasteiger partial charge in [0.15, 0.2) is 0 Å². The first-order valence-corrected chi connectivity index (χ1v) is 14.3. The van der Waals surface area contributed by atoms with Crippen LogP contribution in [-0.2, 0) is 0 Å². The maximum Gasteiger partial charge on any atom is 0.146 e. The fourth-order valence-corrected chi connectivity index (χ4v) is 6.71. The molecule has 4 heteroatoms. The second-order valence-corrected chi connectivity index (χ2v) is 11.7. The summed E-state index contributed by atoms with van der Waals surface area (Å²) in [6, 6.07) is 30.9. The third-order valence-corrected chi connectivity index (χ3v) is 8.55. The monoisotopic (exact) mass is 536 g/mol. The molecule has 3 nitrogen and oxygen atoms in total. The molecule has 0 aliphatic rings. The van der Waals surface area contributed by atoms with Crippen LogP contribution in [0.3, 0.4) is 0 Å². The van der Waals surface area contributed by atoms with Crippen molar-refractivity contribution in [3.05, 3.63) is 108 Å². The minimum Gasteiger partial charge on any atom is -0.456 e. The number of hydrogen-bond acceptors (Lipinski definition) is 2. The molecule has 0 aliphatic heterocycles. The molecule has 0 saturated heterocycles. The van der Waals surface area contributed by atoms with Crippen molar-refractivity contribution in [1.82, 2.24) is 9.38 Å². The van der Waals surface area contributed by atoms with Crippen LogP contribution in [0.15, 0.2) is 95.4 Å². The lowest BCUT2D eigenvalue weighted by Crippen LogP contribution is -2.02. The van der Waals surface area contributed by atoms with Crippen LogP contribution < -0.4 is 0 Å². The number of pyridine rings is 1. The molecule has 0 spiro atoms. The summed E-state index contributed by atoms with van der Waals surface area (Å²) < 4.78 is 23.4. The van der Waals surface area contributed by atoms with Crippen LogP contribution in [0.1, 0.15) is 50.7 Å². The van der Waals surface area contributed by atoms with Crippen LogP contribution in [0.4, 0.5) is 4.39 Å². The van der Waals surface area contributed by atoms with Crippen molar-refractivity contribution in [1.29, 1.82) is 0 Å². The quantitative estimate of drug-likeness (QED) is 0.210. The Morgan fingerprint density at radius 1 is 0.659 bits per heavy atom. The summed E-state index contributed by atoms with van der Waals surface area (Å²) in [5, 5.41) is 5.58. The second-order valence-electron chi connectivity index (χ2n) is 11.7. The molecular formula is C37H29FN2O. The van der Waals surface area contributed by atoms with Crippen LogP contribution in [0.2, 0.25) is 0 Å². The van der Waals surface area contributed by atoms with Gasteiger partial charge in [0.2, 0.25) is 0 Å². The Labute approximate surface area is 236 Å². The summed E-state index contributed by atoms with van der Waals surface area (Å²) >= 11 is 0. The van der Waals surface area contributed by atoms with Gasteiger partial charge < -0.3 is 4.42 Å². The highest BCUT2D eigenvalue weighted by Crippen LogP contribution is 2.43. The van der Waals surface area contributed by atoms with Gasteiger partial charge in [-0.15, -0.1) is 0 Å². The van der Waals surface area contributed by atoms with Gasteiger partial charge in [-0.3, -0.25) is 4.40 Å². The van der Waals surface area contributed by atoms with Crippen molar-refractivity contribution in [3.8, 4) is 11.1 Å². The van der Waals surface area contributed by atoms with E-state index in [1.165, 1.54) is 0 Å². The van der Waals surface area contributed by atoms with Gasteiger partial charge in [0.1, 0.15) is 22.6 Å². The molecule has 8 aromatic rings.